The number of rotatable bonds is 4. The number of carboxylic acid groups (broad SMARTS) is 1. The molecule has 0 atom stereocenters. The maximum Gasteiger partial charge on any atom is 0.326 e. The molecule has 1 amide bonds. The van der Waals surface area contributed by atoms with Crippen LogP contribution in [0.3, 0.4) is 0 Å². The van der Waals surface area contributed by atoms with Gasteiger partial charge >= 0.3 is 11.7 Å². The van der Waals surface area contributed by atoms with E-state index in [9.17, 15) is 19.2 Å². The molecular weight excluding hydrogens is 270 g/mol. The predicted molar refractivity (Wildman–Crippen MR) is 65.5 cm³/mol. The number of aromatic nitrogens is 4. The highest BCUT2D eigenvalue weighted by Crippen LogP contribution is 2.06. The lowest BCUT2D eigenvalue weighted by Crippen LogP contribution is -2.27. The van der Waals surface area contributed by atoms with E-state index in [-0.39, 0.29) is 17.9 Å². The van der Waals surface area contributed by atoms with E-state index in [4.69, 9.17) is 5.11 Å². The molecule has 0 unspecified atom stereocenters. The number of carboxylic acids is 1. The minimum Gasteiger partial charge on any atom is -0.480 e. The van der Waals surface area contributed by atoms with E-state index in [1.54, 1.807) is 0 Å². The molecule has 0 radical (unpaired) electrons. The third-order valence-corrected chi connectivity index (χ3v) is 2.19. The Labute approximate surface area is 110 Å². The lowest BCUT2D eigenvalue weighted by Gasteiger charge is -2.01. The fraction of sp³-hybridized carbons (Fsp3) is 0.100. The maximum absolute atomic E-state index is 11.8. The second kappa shape index (κ2) is 5.22. The van der Waals surface area contributed by atoms with Crippen molar-refractivity contribution in [3.05, 3.63) is 45.0 Å². The first-order chi connectivity index (χ1) is 9.44. The number of amides is 1. The summed E-state index contributed by atoms with van der Waals surface area (Å²) < 4.78 is 1.11. The first-order valence-electron chi connectivity index (χ1n) is 5.33. The molecule has 0 saturated carbocycles. The Kier molecular flexibility index (Phi) is 3.46. The molecular formula is C10H9N5O5. The summed E-state index contributed by atoms with van der Waals surface area (Å²) in [6, 6.07) is 0.929. The summed E-state index contributed by atoms with van der Waals surface area (Å²) in [5, 5.41) is 14.7. The summed E-state index contributed by atoms with van der Waals surface area (Å²) in [6.45, 7) is -0.349. The standard InChI is InChI=1S/C10H9N5O5/c16-7-1-6(13-10(20)14-7)9(19)12-5-2-11-15(3-5)4-8(17)18/h1-3H,4H2,(H,12,19)(H,17,18)(H2,13,14,16,20). The van der Waals surface area contributed by atoms with Crippen LogP contribution in [0.15, 0.2) is 28.0 Å². The van der Waals surface area contributed by atoms with E-state index in [1.807, 2.05) is 4.98 Å². The highest BCUT2D eigenvalue weighted by molar-refractivity contribution is 6.02. The number of carbonyl (C=O) groups excluding carboxylic acids is 1. The topological polar surface area (TPSA) is 150 Å². The van der Waals surface area contributed by atoms with Crippen molar-refractivity contribution in [3.63, 3.8) is 0 Å². The Balaban J connectivity index is 2.15. The lowest BCUT2D eigenvalue weighted by molar-refractivity contribution is -0.137. The summed E-state index contributed by atoms with van der Waals surface area (Å²) in [6.07, 6.45) is 2.55. The monoisotopic (exact) mass is 279 g/mol. The highest BCUT2D eigenvalue weighted by atomic mass is 16.4. The number of H-pyrrole nitrogens is 2. The quantitative estimate of drug-likeness (QED) is 0.540. The second-order valence-electron chi connectivity index (χ2n) is 3.78. The third-order valence-electron chi connectivity index (χ3n) is 2.19. The fourth-order valence-corrected chi connectivity index (χ4v) is 1.44. The zero-order chi connectivity index (χ0) is 14.7. The summed E-state index contributed by atoms with van der Waals surface area (Å²) in [7, 11) is 0. The van der Waals surface area contributed by atoms with Gasteiger partial charge in [0.25, 0.3) is 11.5 Å². The molecule has 10 heteroatoms. The van der Waals surface area contributed by atoms with Gasteiger partial charge in [-0.15, -0.1) is 0 Å². The van der Waals surface area contributed by atoms with Crippen molar-refractivity contribution < 1.29 is 14.7 Å². The van der Waals surface area contributed by atoms with Gasteiger partial charge in [-0.3, -0.25) is 24.0 Å². The summed E-state index contributed by atoms with van der Waals surface area (Å²) in [5.41, 5.74) is -1.49. The number of carbonyl (C=O) groups is 2. The predicted octanol–water partition coefficient (Wildman–Crippen LogP) is -1.40. The molecule has 0 aliphatic carbocycles. The first kappa shape index (κ1) is 13.3. The molecule has 2 rings (SSSR count). The van der Waals surface area contributed by atoms with Crippen molar-refractivity contribution >= 4 is 17.6 Å². The number of anilines is 1. The van der Waals surface area contributed by atoms with Gasteiger partial charge in [0, 0.05) is 12.3 Å². The Hall–Kier alpha value is -3.17. The third kappa shape index (κ3) is 3.19. The van der Waals surface area contributed by atoms with Crippen molar-refractivity contribution in [1.29, 1.82) is 0 Å². The Morgan fingerprint density at radius 3 is 2.75 bits per heavy atom. The molecule has 2 aromatic heterocycles. The van der Waals surface area contributed by atoms with Gasteiger partial charge in [0.15, 0.2) is 0 Å². The van der Waals surface area contributed by atoms with Gasteiger partial charge < -0.3 is 15.4 Å². The van der Waals surface area contributed by atoms with E-state index >= 15 is 0 Å². The average Bonchev–Trinajstić information content (AvgIpc) is 2.74. The first-order valence-corrected chi connectivity index (χ1v) is 5.33. The van der Waals surface area contributed by atoms with Gasteiger partial charge in [0.2, 0.25) is 0 Å². The normalized spacial score (nSPS) is 10.2. The van der Waals surface area contributed by atoms with E-state index in [2.05, 4.69) is 15.4 Å². The van der Waals surface area contributed by atoms with E-state index in [1.165, 1.54) is 12.4 Å². The molecule has 0 fully saturated rings. The van der Waals surface area contributed by atoms with Gasteiger partial charge in [-0.2, -0.15) is 5.10 Å². The number of nitrogens with zero attached hydrogens (tertiary/aromatic N) is 2. The van der Waals surface area contributed by atoms with Gasteiger partial charge in [-0.1, -0.05) is 0 Å². The molecule has 10 nitrogen and oxygen atoms in total. The van der Waals surface area contributed by atoms with Crippen LogP contribution in [0.5, 0.6) is 0 Å². The van der Waals surface area contributed by atoms with Crippen molar-refractivity contribution in [3.8, 4) is 0 Å². The zero-order valence-corrected chi connectivity index (χ0v) is 9.91. The second-order valence-corrected chi connectivity index (χ2v) is 3.78. The molecule has 0 bridgehead atoms. The molecule has 2 heterocycles. The van der Waals surface area contributed by atoms with Crippen LogP contribution in [0, 0.1) is 0 Å². The maximum atomic E-state index is 11.8. The number of aliphatic carboxylic acids is 1. The Bertz CT molecular complexity index is 742. The molecule has 0 saturated heterocycles. The minimum atomic E-state index is -1.08. The van der Waals surface area contributed by atoms with Gasteiger partial charge in [0.1, 0.15) is 12.2 Å². The molecule has 0 spiro atoms. The van der Waals surface area contributed by atoms with Crippen LogP contribution < -0.4 is 16.6 Å². The minimum absolute atomic E-state index is 0.218. The molecule has 0 aliphatic rings. The highest BCUT2D eigenvalue weighted by Gasteiger charge is 2.10. The van der Waals surface area contributed by atoms with E-state index < -0.39 is 23.1 Å². The van der Waals surface area contributed by atoms with Gasteiger partial charge in [-0.05, 0) is 0 Å². The number of hydrogen-bond donors (Lipinski definition) is 4. The van der Waals surface area contributed by atoms with Crippen molar-refractivity contribution in [2.24, 2.45) is 0 Å². The average molecular weight is 279 g/mol. The van der Waals surface area contributed by atoms with Crippen LogP contribution in [0.4, 0.5) is 5.69 Å². The number of hydrogen-bond acceptors (Lipinski definition) is 5. The van der Waals surface area contributed by atoms with Crippen molar-refractivity contribution in [2.45, 2.75) is 6.54 Å². The van der Waals surface area contributed by atoms with Crippen LogP contribution in [0.1, 0.15) is 10.5 Å². The van der Waals surface area contributed by atoms with Gasteiger partial charge in [-0.25, -0.2) is 4.79 Å². The van der Waals surface area contributed by atoms with Crippen LogP contribution in [0.2, 0.25) is 0 Å². The van der Waals surface area contributed by atoms with Crippen LogP contribution in [-0.4, -0.2) is 36.7 Å². The number of nitrogens with one attached hydrogen (secondary N) is 3. The zero-order valence-electron chi connectivity index (χ0n) is 9.91. The SMILES string of the molecule is O=C(O)Cn1cc(NC(=O)c2cc(=O)[nH]c(=O)[nH]2)cn1. The van der Waals surface area contributed by atoms with Crippen molar-refractivity contribution in [1.82, 2.24) is 19.7 Å². The van der Waals surface area contributed by atoms with Crippen LogP contribution >= 0.6 is 0 Å². The number of aromatic amines is 2. The lowest BCUT2D eigenvalue weighted by atomic mass is 10.3. The van der Waals surface area contributed by atoms with Crippen LogP contribution in [-0.2, 0) is 11.3 Å². The Morgan fingerprint density at radius 2 is 2.10 bits per heavy atom. The van der Waals surface area contributed by atoms with E-state index in [0.29, 0.717) is 0 Å². The molecule has 104 valence electrons. The fourth-order valence-electron chi connectivity index (χ4n) is 1.44. The largest absolute Gasteiger partial charge is 0.480 e. The molecule has 2 aromatic rings. The summed E-state index contributed by atoms with van der Waals surface area (Å²) in [4.78, 5) is 48.4. The Morgan fingerprint density at radius 1 is 1.35 bits per heavy atom. The van der Waals surface area contributed by atoms with E-state index in [0.717, 1.165) is 10.7 Å². The van der Waals surface area contributed by atoms with Crippen LogP contribution in [0.25, 0.3) is 0 Å². The van der Waals surface area contributed by atoms with Gasteiger partial charge in [0.05, 0.1) is 11.9 Å². The molecule has 0 aliphatic heterocycles. The molecule has 20 heavy (non-hydrogen) atoms. The van der Waals surface area contributed by atoms with Crippen molar-refractivity contribution in [2.75, 3.05) is 5.32 Å². The molecule has 4 N–H and O–H groups in total. The molecule has 0 aromatic carbocycles. The summed E-state index contributed by atoms with van der Waals surface area (Å²) >= 11 is 0. The smallest absolute Gasteiger partial charge is 0.326 e. The summed E-state index contributed by atoms with van der Waals surface area (Å²) in [5.74, 6) is -1.80.